The Balaban J connectivity index is 2.02. The fourth-order valence-electron chi connectivity index (χ4n) is 3.49. The maximum absolute atomic E-state index is 14.5. The smallest absolute Gasteiger partial charge is 0.149 e. The molecule has 0 saturated heterocycles. The Morgan fingerprint density at radius 2 is 1.69 bits per heavy atom. The lowest BCUT2D eigenvalue weighted by molar-refractivity contribution is 0.549. The number of aromatic nitrogens is 4. The molecule has 0 N–H and O–H groups in total. The van der Waals surface area contributed by atoms with Crippen LogP contribution in [0.2, 0.25) is 0 Å². The van der Waals surface area contributed by atoms with Crippen molar-refractivity contribution in [2.75, 3.05) is 0 Å². The third-order valence-electron chi connectivity index (χ3n) is 4.85. The molecule has 0 unspecified atom stereocenters. The molecule has 0 aromatic carbocycles. The fraction of sp³-hybridized carbons (Fsp3) is 0.333. The first-order chi connectivity index (χ1) is 12.3. The average Bonchev–Trinajstić information content (AvgIpc) is 3.19. The van der Waals surface area contributed by atoms with Gasteiger partial charge in [-0.3, -0.25) is 0 Å². The number of halogens is 1. The molecule has 4 aromatic heterocycles. The number of pyridine rings is 2. The van der Waals surface area contributed by atoms with E-state index in [1.54, 1.807) is 16.8 Å². The van der Waals surface area contributed by atoms with Crippen molar-refractivity contribution in [3.05, 3.63) is 59.8 Å². The summed E-state index contributed by atoms with van der Waals surface area (Å²) in [5.41, 5.74) is 5.33. The molecule has 0 fully saturated rings. The van der Waals surface area contributed by atoms with Gasteiger partial charge in [0.25, 0.3) is 0 Å². The molecule has 0 radical (unpaired) electrons. The van der Waals surface area contributed by atoms with Crippen LogP contribution < -0.4 is 0 Å². The van der Waals surface area contributed by atoms with Gasteiger partial charge in [0.2, 0.25) is 0 Å². The van der Waals surface area contributed by atoms with Crippen LogP contribution in [0.1, 0.15) is 51.8 Å². The Hall–Kier alpha value is -2.69. The molecular weight excluding hydrogens is 327 g/mol. The molecule has 0 saturated carbocycles. The van der Waals surface area contributed by atoms with Crippen molar-refractivity contribution in [3.8, 4) is 11.3 Å². The van der Waals surface area contributed by atoms with E-state index in [4.69, 9.17) is 0 Å². The highest BCUT2D eigenvalue weighted by Gasteiger charge is 2.21. The summed E-state index contributed by atoms with van der Waals surface area (Å²) in [5.74, 6) is -0.0459. The standard InChI is InChI=1S/C21H23FN4/c1-13(2)14-11-24-26-18(10-9-16(22)20(14)26)15-12-23-25-17(15)7-6-8-19(25)21(3,4)5/h6-13H,1-5H3. The Morgan fingerprint density at radius 1 is 0.962 bits per heavy atom. The van der Waals surface area contributed by atoms with E-state index in [-0.39, 0.29) is 17.2 Å². The van der Waals surface area contributed by atoms with Crippen LogP contribution in [-0.2, 0) is 5.41 Å². The summed E-state index contributed by atoms with van der Waals surface area (Å²) in [6.07, 6.45) is 3.60. The van der Waals surface area contributed by atoms with Crippen molar-refractivity contribution in [1.82, 2.24) is 19.2 Å². The van der Waals surface area contributed by atoms with Crippen LogP contribution in [0, 0.1) is 5.82 Å². The third-order valence-corrected chi connectivity index (χ3v) is 4.85. The van der Waals surface area contributed by atoms with Gasteiger partial charge in [0, 0.05) is 22.2 Å². The Labute approximate surface area is 152 Å². The molecule has 0 atom stereocenters. The zero-order chi connectivity index (χ0) is 18.6. The second kappa shape index (κ2) is 5.66. The highest BCUT2D eigenvalue weighted by atomic mass is 19.1. The van der Waals surface area contributed by atoms with Gasteiger partial charge in [-0.05, 0) is 30.2 Å². The number of hydrogen-bond acceptors (Lipinski definition) is 2. The monoisotopic (exact) mass is 350 g/mol. The number of nitrogens with zero attached hydrogens (tertiary/aromatic N) is 4. The highest BCUT2D eigenvalue weighted by molar-refractivity contribution is 5.80. The number of fused-ring (bicyclic) bond motifs is 2. The minimum atomic E-state index is -0.248. The molecule has 4 rings (SSSR count). The van der Waals surface area contributed by atoms with Gasteiger partial charge in [0.1, 0.15) is 11.3 Å². The third kappa shape index (κ3) is 2.42. The zero-order valence-electron chi connectivity index (χ0n) is 15.8. The molecule has 4 heterocycles. The van der Waals surface area contributed by atoms with Crippen molar-refractivity contribution in [2.24, 2.45) is 0 Å². The lowest BCUT2D eigenvalue weighted by atomic mass is 9.91. The van der Waals surface area contributed by atoms with Gasteiger partial charge in [-0.25, -0.2) is 13.4 Å². The molecular formula is C21H23FN4. The normalized spacial score (nSPS) is 12.6. The minimum Gasteiger partial charge on any atom is -0.237 e. The Kier molecular flexibility index (Phi) is 3.65. The van der Waals surface area contributed by atoms with Crippen LogP contribution in [0.15, 0.2) is 42.7 Å². The molecule has 0 aliphatic carbocycles. The number of hydrogen-bond donors (Lipinski definition) is 0. The Bertz CT molecular complexity index is 1110. The summed E-state index contributed by atoms with van der Waals surface area (Å²) in [5, 5.41) is 9.09. The van der Waals surface area contributed by atoms with Crippen LogP contribution in [0.4, 0.5) is 4.39 Å². The van der Waals surface area contributed by atoms with Crippen LogP contribution in [0.5, 0.6) is 0 Å². The SMILES string of the molecule is CC(C)c1cnn2c(-c3cnn4c(C(C)(C)C)cccc34)ccc(F)c12. The fourth-order valence-corrected chi connectivity index (χ4v) is 3.49. The van der Waals surface area contributed by atoms with Crippen LogP contribution in [0.3, 0.4) is 0 Å². The summed E-state index contributed by atoms with van der Waals surface area (Å²) < 4.78 is 18.2. The zero-order valence-corrected chi connectivity index (χ0v) is 15.8. The van der Waals surface area contributed by atoms with Crippen LogP contribution in [-0.4, -0.2) is 19.2 Å². The quantitative estimate of drug-likeness (QED) is 0.497. The molecule has 26 heavy (non-hydrogen) atoms. The van der Waals surface area contributed by atoms with Crippen molar-refractivity contribution in [1.29, 1.82) is 0 Å². The van der Waals surface area contributed by atoms with Gasteiger partial charge in [-0.2, -0.15) is 10.2 Å². The van der Waals surface area contributed by atoms with E-state index in [1.165, 1.54) is 6.07 Å². The molecule has 134 valence electrons. The molecule has 4 nitrogen and oxygen atoms in total. The first-order valence-corrected chi connectivity index (χ1v) is 8.93. The van der Waals surface area contributed by atoms with Crippen LogP contribution in [0.25, 0.3) is 22.3 Å². The average molecular weight is 350 g/mol. The van der Waals surface area contributed by atoms with Crippen molar-refractivity contribution < 1.29 is 4.39 Å². The lowest BCUT2D eigenvalue weighted by Gasteiger charge is -2.20. The molecule has 4 aromatic rings. The summed E-state index contributed by atoms with van der Waals surface area (Å²) in [6, 6.07) is 9.48. The van der Waals surface area contributed by atoms with E-state index < -0.39 is 0 Å². The van der Waals surface area contributed by atoms with Gasteiger partial charge in [0.15, 0.2) is 0 Å². The van der Waals surface area contributed by atoms with Gasteiger partial charge < -0.3 is 0 Å². The van der Waals surface area contributed by atoms with E-state index in [2.05, 4.69) is 37.0 Å². The van der Waals surface area contributed by atoms with Crippen molar-refractivity contribution in [3.63, 3.8) is 0 Å². The minimum absolute atomic E-state index is 0.0303. The highest BCUT2D eigenvalue weighted by Crippen LogP contribution is 2.32. The largest absolute Gasteiger partial charge is 0.237 e. The maximum Gasteiger partial charge on any atom is 0.149 e. The molecule has 0 aliphatic heterocycles. The lowest BCUT2D eigenvalue weighted by Crippen LogP contribution is -2.16. The van der Waals surface area contributed by atoms with Crippen LogP contribution >= 0.6 is 0 Å². The summed E-state index contributed by atoms with van der Waals surface area (Å²) >= 11 is 0. The van der Waals surface area contributed by atoms with E-state index in [0.717, 1.165) is 28.0 Å². The predicted octanol–water partition coefficient (Wildman–Crippen LogP) is 5.21. The molecule has 0 spiro atoms. The predicted molar refractivity (Wildman–Crippen MR) is 102 cm³/mol. The van der Waals surface area contributed by atoms with E-state index in [9.17, 15) is 4.39 Å². The summed E-state index contributed by atoms with van der Waals surface area (Å²) in [6.45, 7) is 10.6. The van der Waals surface area contributed by atoms with Crippen molar-refractivity contribution >= 4 is 11.0 Å². The summed E-state index contributed by atoms with van der Waals surface area (Å²) in [7, 11) is 0. The maximum atomic E-state index is 14.5. The van der Waals surface area contributed by atoms with Gasteiger partial charge in [-0.1, -0.05) is 40.7 Å². The van der Waals surface area contributed by atoms with Gasteiger partial charge in [0.05, 0.1) is 23.6 Å². The second-order valence-corrected chi connectivity index (χ2v) is 8.10. The second-order valence-electron chi connectivity index (χ2n) is 8.10. The van der Waals surface area contributed by atoms with Gasteiger partial charge in [-0.15, -0.1) is 0 Å². The van der Waals surface area contributed by atoms with Crippen molar-refractivity contribution in [2.45, 2.75) is 46.0 Å². The molecule has 0 bridgehead atoms. The number of rotatable bonds is 2. The summed E-state index contributed by atoms with van der Waals surface area (Å²) in [4.78, 5) is 0. The molecule has 5 heteroatoms. The van der Waals surface area contributed by atoms with E-state index in [0.29, 0.717) is 5.52 Å². The Morgan fingerprint density at radius 3 is 2.38 bits per heavy atom. The van der Waals surface area contributed by atoms with Gasteiger partial charge >= 0.3 is 0 Å². The van der Waals surface area contributed by atoms with E-state index in [1.807, 2.05) is 36.7 Å². The first kappa shape index (κ1) is 16.8. The first-order valence-electron chi connectivity index (χ1n) is 8.93. The molecule has 0 amide bonds. The topological polar surface area (TPSA) is 34.6 Å². The molecule has 0 aliphatic rings. The van der Waals surface area contributed by atoms with E-state index >= 15 is 0 Å².